The molecule has 2 amide bonds. The highest BCUT2D eigenvalue weighted by atomic mass is 16.5. The lowest BCUT2D eigenvalue weighted by molar-refractivity contribution is -0.126. The van der Waals surface area contributed by atoms with E-state index in [4.69, 9.17) is 10.5 Å². The first-order chi connectivity index (χ1) is 18.2. The van der Waals surface area contributed by atoms with Gasteiger partial charge in [-0.05, 0) is 46.7 Å². The Morgan fingerprint density at radius 3 is 2.55 bits per heavy atom. The Morgan fingerprint density at radius 2 is 1.79 bits per heavy atom. The summed E-state index contributed by atoms with van der Waals surface area (Å²) in [4.78, 5) is 24.2. The predicted octanol–water partition coefficient (Wildman–Crippen LogP) is 2.68. The number of hydrogen-bond acceptors (Lipinski definition) is 7. The lowest BCUT2D eigenvalue weighted by atomic mass is 9.99. The number of amides is 2. The van der Waals surface area contributed by atoms with E-state index < -0.39 is 11.6 Å². The van der Waals surface area contributed by atoms with Crippen LogP contribution in [0.2, 0.25) is 0 Å². The molecule has 0 spiro atoms. The summed E-state index contributed by atoms with van der Waals surface area (Å²) in [7, 11) is 0. The third kappa shape index (κ3) is 6.92. The van der Waals surface area contributed by atoms with Gasteiger partial charge in [0.05, 0.1) is 18.1 Å². The number of para-hydroxylation sites is 1. The first-order valence-corrected chi connectivity index (χ1v) is 12.5. The number of tetrazole rings is 1. The average molecular weight is 516 g/mol. The molecule has 0 saturated carbocycles. The Labute approximate surface area is 221 Å². The van der Waals surface area contributed by atoms with Gasteiger partial charge in [-0.3, -0.25) is 9.59 Å². The van der Waals surface area contributed by atoms with Gasteiger partial charge in [0.15, 0.2) is 5.82 Å². The molecule has 1 atom stereocenters. The Hall–Kier alpha value is -4.31. The van der Waals surface area contributed by atoms with Crippen LogP contribution in [0.15, 0.2) is 66.7 Å². The molecule has 0 aliphatic rings. The molecule has 38 heavy (non-hydrogen) atoms. The van der Waals surface area contributed by atoms with Gasteiger partial charge in [-0.15, -0.1) is 5.10 Å². The molecule has 0 radical (unpaired) electrons. The molecular weight excluding hydrogens is 482 g/mol. The molecule has 3 aromatic carbocycles. The van der Waals surface area contributed by atoms with Crippen LogP contribution in [-0.2, 0) is 29.1 Å². The molecule has 0 aliphatic carbocycles. The van der Waals surface area contributed by atoms with Crippen LogP contribution in [0.5, 0.6) is 5.75 Å². The third-order valence-corrected chi connectivity index (χ3v) is 6.08. The van der Waals surface area contributed by atoms with Crippen LogP contribution in [0.25, 0.3) is 10.8 Å². The monoisotopic (exact) mass is 515 g/mol. The number of fused-ring (bicyclic) bond motifs is 1. The summed E-state index contributed by atoms with van der Waals surface area (Å²) in [5.41, 5.74) is 6.90. The average Bonchev–Trinajstić information content (AvgIpc) is 3.35. The van der Waals surface area contributed by atoms with Crippen molar-refractivity contribution in [3.05, 3.63) is 83.7 Å². The van der Waals surface area contributed by atoms with Crippen LogP contribution in [0.4, 0.5) is 0 Å². The summed E-state index contributed by atoms with van der Waals surface area (Å²) >= 11 is 0. The second kappa shape index (κ2) is 11.8. The van der Waals surface area contributed by atoms with Crippen LogP contribution >= 0.6 is 0 Å². The number of rotatable bonds is 11. The summed E-state index contributed by atoms with van der Waals surface area (Å²) in [6.07, 6.45) is 0.480. The second-order valence-electron chi connectivity index (χ2n) is 9.76. The molecule has 0 bridgehead atoms. The van der Waals surface area contributed by atoms with Crippen molar-refractivity contribution in [1.29, 1.82) is 0 Å². The zero-order chi connectivity index (χ0) is 27.1. The minimum absolute atomic E-state index is 0.113. The molecule has 1 heterocycles. The van der Waals surface area contributed by atoms with Gasteiger partial charge in [-0.1, -0.05) is 60.7 Å². The van der Waals surface area contributed by atoms with Crippen LogP contribution in [0, 0.1) is 0 Å². The fourth-order valence-corrected chi connectivity index (χ4v) is 4.03. The van der Waals surface area contributed by atoms with Crippen molar-refractivity contribution in [1.82, 2.24) is 30.8 Å². The summed E-state index contributed by atoms with van der Waals surface area (Å²) in [6.45, 7) is 5.80. The quantitative estimate of drug-likeness (QED) is 0.279. The van der Waals surface area contributed by atoms with E-state index in [-0.39, 0.29) is 18.4 Å². The Balaban J connectivity index is 1.51. The smallest absolute Gasteiger partial charge is 0.240 e. The lowest BCUT2D eigenvalue weighted by Crippen LogP contribution is -2.50. The van der Waals surface area contributed by atoms with Crippen molar-refractivity contribution in [2.24, 2.45) is 5.73 Å². The number of nitrogens with zero attached hydrogens (tertiary/aromatic N) is 4. The zero-order valence-electron chi connectivity index (χ0n) is 21.8. The number of carbonyl (C=O) groups excluding carboxylic acids is 2. The minimum Gasteiger partial charge on any atom is -0.491 e. The van der Waals surface area contributed by atoms with Crippen molar-refractivity contribution in [2.75, 3.05) is 6.61 Å². The molecule has 0 fully saturated rings. The van der Waals surface area contributed by atoms with E-state index in [1.54, 1.807) is 18.5 Å². The molecule has 4 rings (SSSR count). The summed E-state index contributed by atoms with van der Waals surface area (Å²) in [6, 6.07) is 21.3. The van der Waals surface area contributed by atoms with Gasteiger partial charge in [-0.2, -0.15) is 0 Å². The highest BCUT2D eigenvalue weighted by Crippen LogP contribution is 2.22. The van der Waals surface area contributed by atoms with Gasteiger partial charge in [0.1, 0.15) is 12.4 Å². The Bertz CT molecular complexity index is 1410. The first kappa shape index (κ1) is 26.7. The van der Waals surface area contributed by atoms with E-state index in [1.165, 1.54) is 6.92 Å². The number of hydrogen-bond donors (Lipinski definition) is 3. The molecule has 10 heteroatoms. The fourth-order valence-electron chi connectivity index (χ4n) is 4.03. The topological polar surface area (TPSA) is 137 Å². The van der Waals surface area contributed by atoms with E-state index in [0.717, 1.165) is 21.9 Å². The van der Waals surface area contributed by atoms with E-state index in [9.17, 15) is 9.59 Å². The van der Waals surface area contributed by atoms with E-state index in [2.05, 4.69) is 50.4 Å². The number of carbonyl (C=O) groups is 2. The maximum atomic E-state index is 12.9. The van der Waals surface area contributed by atoms with E-state index in [0.29, 0.717) is 31.1 Å². The molecule has 10 nitrogen and oxygen atoms in total. The van der Waals surface area contributed by atoms with Crippen molar-refractivity contribution in [2.45, 2.75) is 51.9 Å². The highest BCUT2D eigenvalue weighted by Gasteiger charge is 2.28. The van der Waals surface area contributed by atoms with Gasteiger partial charge in [0, 0.05) is 25.5 Å². The Kier molecular flexibility index (Phi) is 8.32. The predicted molar refractivity (Wildman–Crippen MR) is 144 cm³/mol. The third-order valence-electron chi connectivity index (χ3n) is 6.08. The normalized spacial score (nSPS) is 12.2. The largest absolute Gasteiger partial charge is 0.491 e. The van der Waals surface area contributed by atoms with Gasteiger partial charge in [0.25, 0.3) is 0 Å². The van der Waals surface area contributed by atoms with Crippen molar-refractivity contribution >= 4 is 22.6 Å². The van der Waals surface area contributed by atoms with Crippen molar-refractivity contribution < 1.29 is 14.3 Å². The van der Waals surface area contributed by atoms with Crippen LogP contribution in [0.3, 0.4) is 0 Å². The molecule has 0 unspecified atom stereocenters. The maximum Gasteiger partial charge on any atom is 0.240 e. The van der Waals surface area contributed by atoms with Crippen LogP contribution < -0.4 is 21.1 Å². The number of nitrogens with two attached hydrogens (primary N) is 1. The van der Waals surface area contributed by atoms with E-state index >= 15 is 0 Å². The summed E-state index contributed by atoms with van der Waals surface area (Å²) in [5.74, 6) is 0.756. The lowest BCUT2D eigenvalue weighted by Gasteiger charge is -2.24. The van der Waals surface area contributed by atoms with E-state index in [1.807, 2.05) is 42.5 Å². The SMILES string of the molecule is CC(=O)NCc1ccccc1OCCn1nnnc1[C@@H](Cc1ccc2ccccc2c1)NC(=O)C(C)(C)N. The zero-order valence-corrected chi connectivity index (χ0v) is 21.8. The molecule has 0 saturated heterocycles. The Morgan fingerprint density at radius 1 is 1.05 bits per heavy atom. The van der Waals surface area contributed by atoms with Crippen molar-refractivity contribution in [3.63, 3.8) is 0 Å². The fraction of sp³-hybridized carbons (Fsp3) is 0.321. The second-order valence-corrected chi connectivity index (χ2v) is 9.76. The molecule has 1 aromatic heterocycles. The molecule has 0 aliphatic heterocycles. The van der Waals surface area contributed by atoms with Gasteiger partial charge >= 0.3 is 0 Å². The number of nitrogens with one attached hydrogen (secondary N) is 2. The van der Waals surface area contributed by atoms with Gasteiger partial charge in [-0.25, -0.2) is 4.68 Å². The van der Waals surface area contributed by atoms with Crippen LogP contribution in [0.1, 0.15) is 43.8 Å². The number of aromatic nitrogens is 4. The minimum atomic E-state index is -1.07. The molecule has 198 valence electrons. The first-order valence-electron chi connectivity index (χ1n) is 12.5. The number of benzene rings is 3. The standard InChI is InChI=1S/C28H33N7O3/c1-19(36)30-18-23-10-6-7-11-25(23)38-15-14-35-26(32-33-34-35)24(31-27(37)28(2,3)29)17-20-12-13-21-8-4-5-9-22(21)16-20/h4-13,16,24H,14-15,17-18,29H2,1-3H3,(H,30,36)(H,31,37)/t24-/m1/s1. The number of ether oxygens (including phenoxy) is 1. The molecule has 4 N–H and O–H groups in total. The highest BCUT2D eigenvalue weighted by molar-refractivity contribution is 5.85. The van der Waals surface area contributed by atoms with Gasteiger partial charge < -0.3 is 21.1 Å². The summed E-state index contributed by atoms with van der Waals surface area (Å²) < 4.78 is 7.64. The van der Waals surface area contributed by atoms with Crippen LogP contribution in [-0.4, -0.2) is 44.2 Å². The summed E-state index contributed by atoms with van der Waals surface area (Å²) in [5, 5.41) is 20.3. The molecular formula is C28H33N7O3. The maximum absolute atomic E-state index is 12.9. The van der Waals surface area contributed by atoms with Gasteiger partial charge in [0.2, 0.25) is 11.8 Å². The molecule has 4 aromatic rings. The van der Waals surface area contributed by atoms with Crippen molar-refractivity contribution in [3.8, 4) is 5.75 Å².